The molecule has 2 radical (unpaired) electrons. The number of hydrogen-bond donors (Lipinski definition) is 1. The Balaban J connectivity index is 0.000000234. The zero-order valence-electron chi connectivity index (χ0n) is 12.4. The zero-order valence-corrected chi connectivity index (χ0v) is 17.9. The van der Waals surface area contributed by atoms with Gasteiger partial charge in [0.05, 0.1) is 6.61 Å². The maximum atomic E-state index is 11.4. The van der Waals surface area contributed by atoms with Gasteiger partial charge in [0, 0.05) is 14.1 Å². The number of fused-ring (bicyclic) bond motifs is 1. The van der Waals surface area contributed by atoms with E-state index in [9.17, 15) is 9.90 Å². The molecule has 0 saturated heterocycles. The molecule has 0 aromatic heterocycles. The largest absolute Gasteiger partial charge is 1.00 e. The predicted molar refractivity (Wildman–Crippen MR) is 73.5 cm³/mol. The van der Waals surface area contributed by atoms with Crippen molar-refractivity contribution in [2.24, 2.45) is 14.1 Å². The van der Waals surface area contributed by atoms with Crippen LogP contribution in [-0.4, -0.2) is 24.2 Å². The van der Waals surface area contributed by atoms with Gasteiger partial charge in [0.1, 0.15) is 12.0 Å². The van der Waals surface area contributed by atoms with E-state index in [1.165, 1.54) is 17.9 Å². The average Bonchev–Trinajstić information content (AvgIpc) is 3.02. The van der Waals surface area contributed by atoms with E-state index in [-0.39, 0.29) is 40.0 Å². The fourth-order valence-electron chi connectivity index (χ4n) is 1.75. The Labute approximate surface area is 147 Å². The first kappa shape index (κ1) is 18.3. The number of aromatic nitrogens is 4. The Bertz CT molecular complexity index is 755. The van der Waals surface area contributed by atoms with E-state index in [0.29, 0.717) is 5.82 Å². The Morgan fingerprint density at radius 1 is 1.27 bits per heavy atom. The van der Waals surface area contributed by atoms with Crippen LogP contribution in [0.15, 0.2) is 35.4 Å². The van der Waals surface area contributed by atoms with E-state index >= 15 is 0 Å². The molecule has 0 spiro atoms. The molecule has 22 heavy (non-hydrogen) atoms. The molecule has 1 aromatic rings. The second kappa shape index (κ2) is 8.04. The Morgan fingerprint density at radius 2 is 2.00 bits per heavy atom. The number of imidazole rings is 1. The molecule has 0 amide bonds. The molecular weight excluding hydrogens is 473 g/mol. The number of nitrogens with zero attached hydrogens (tertiary/aromatic N) is 4. The van der Waals surface area contributed by atoms with Gasteiger partial charge in [-0.25, -0.2) is 14.8 Å². The Hall–Kier alpha value is -1.73. The van der Waals surface area contributed by atoms with Gasteiger partial charge in [-0.15, -0.1) is 0 Å². The van der Waals surface area contributed by atoms with Crippen molar-refractivity contribution in [3.8, 4) is 17.4 Å². The fourth-order valence-corrected chi connectivity index (χ4v) is 1.75. The minimum atomic E-state index is -0.407. The van der Waals surface area contributed by atoms with Crippen LogP contribution in [0.3, 0.4) is 0 Å². The minimum Gasteiger partial charge on any atom is -0.858 e. The summed E-state index contributed by atoms with van der Waals surface area (Å²) in [7, 11) is 2.97. The second-order valence-electron chi connectivity index (χ2n) is 4.30. The first-order valence-electron chi connectivity index (χ1n) is 6.16. The van der Waals surface area contributed by atoms with Crippen LogP contribution < -0.4 is 10.8 Å². The third-order valence-corrected chi connectivity index (χ3v) is 2.92. The number of rotatable bonds is 1. The van der Waals surface area contributed by atoms with Crippen LogP contribution in [0.4, 0.5) is 0 Å². The zero-order chi connectivity index (χ0) is 15.4. The molecule has 1 aromatic carbocycles. The quantitative estimate of drug-likeness (QED) is 0.475. The molecule has 1 N–H and O–H groups in total. The summed E-state index contributed by atoms with van der Waals surface area (Å²) >= 11 is 0. The first-order chi connectivity index (χ1) is 10.1. The standard InChI is InChI=1S/C7H8N4O2.C7H7O.Hg/c1-10-5-4(8-3-9-5)6(12)11(2)7(10)13;8-6-7-4-2-1-3-5-7;/h3,12H,1-2H3;1-4,8H,6H2;/q;;+1/p-1. The van der Waals surface area contributed by atoms with Crippen LogP contribution in [-0.2, 0) is 48.4 Å². The van der Waals surface area contributed by atoms with Crippen molar-refractivity contribution in [1.82, 2.24) is 19.1 Å². The number of aliphatic hydroxyl groups excluding tert-OH is 1. The van der Waals surface area contributed by atoms with Gasteiger partial charge in [0.25, 0.3) is 0 Å². The third kappa shape index (κ3) is 3.72. The van der Waals surface area contributed by atoms with Gasteiger partial charge in [-0.3, -0.25) is 4.57 Å². The summed E-state index contributed by atoms with van der Waals surface area (Å²) in [6.07, 6.45) is 1.27. The number of aliphatic hydroxyl groups is 1. The van der Waals surface area contributed by atoms with Gasteiger partial charge in [-0.05, 0) is 17.5 Å². The molecule has 8 heteroatoms. The van der Waals surface area contributed by atoms with Crippen LogP contribution in [0.2, 0.25) is 0 Å². The van der Waals surface area contributed by atoms with E-state index in [4.69, 9.17) is 5.11 Å². The van der Waals surface area contributed by atoms with Crippen LogP contribution in [0.25, 0.3) is 11.5 Å². The molecular formula is C14H14HgN4O3. The van der Waals surface area contributed by atoms with E-state index in [1.54, 1.807) is 13.1 Å². The maximum absolute atomic E-state index is 11.4. The Kier molecular flexibility index (Phi) is 6.70. The van der Waals surface area contributed by atoms with E-state index in [1.807, 2.05) is 18.2 Å². The third-order valence-electron chi connectivity index (χ3n) is 2.92. The van der Waals surface area contributed by atoms with E-state index in [0.717, 1.165) is 10.1 Å². The number of hydrogen-bond acceptors (Lipinski definition) is 5. The Morgan fingerprint density at radius 3 is 2.55 bits per heavy atom. The maximum Gasteiger partial charge on any atom is 1.00 e. The van der Waals surface area contributed by atoms with Gasteiger partial charge >= 0.3 is 33.4 Å². The van der Waals surface area contributed by atoms with E-state index < -0.39 is 11.6 Å². The SMILES string of the molecule is Cn1c2ncnc-2c([O-])n(C)c1=O.OCc1[c]cccc1.[Hg+]. The summed E-state index contributed by atoms with van der Waals surface area (Å²) in [6, 6.07) is 10.2. The summed E-state index contributed by atoms with van der Waals surface area (Å²) in [4.78, 5) is 19.0. The van der Waals surface area contributed by atoms with E-state index in [2.05, 4.69) is 16.0 Å². The molecule has 110 valence electrons. The summed E-state index contributed by atoms with van der Waals surface area (Å²) in [6.45, 7) is 0.0842. The normalized spacial score (nSPS) is 9.77. The van der Waals surface area contributed by atoms with Gasteiger partial charge in [-0.1, -0.05) is 24.3 Å². The van der Waals surface area contributed by atoms with Crippen molar-refractivity contribution >= 4 is 0 Å². The van der Waals surface area contributed by atoms with Gasteiger partial charge in [0.15, 0.2) is 5.82 Å². The fraction of sp³-hybridized carbons (Fsp3) is 0.214. The summed E-state index contributed by atoms with van der Waals surface area (Å²) in [5.41, 5.74) is 0.676. The summed E-state index contributed by atoms with van der Waals surface area (Å²) in [5.74, 6) is -0.0799. The van der Waals surface area contributed by atoms with Crippen LogP contribution in [0.1, 0.15) is 5.56 Å². The smallest absolute Gasteiger partial charge is 0.858 e. The van der Waals surface area contributed by atoms with Crippen molar-refractivity contribution in [3.05, 3.63) is 52.7 Å². The molecule has 2 aliphatic rings. The van der Waals surface area contributed by atoms with Gasteiger partial charge < -0.3 is 14.8 Å². The van der Waals surface area contributed by atoms with Crippen LogP contribution in [0, 0.1) is 6.07 Å². The molecule has 0 fully saturated rings. The minimum absolute atomic E-state index is 0. The molecule has 0 unspecified atom stereocenters. The van der Waals surface area contributed by atoms with Gasteiger partial charge in [0.2, 0.25) is 0 Å². The second-order valence-corrected chi connectivity index (χ2v) is 4.30. The summed E-state index contributed by atoms with van der Waals surface area (Å²) < 4.78 is 2.31. The van der Waals surface area contributed by atoms with Crippen molar-refractivity contribution < 1.29 is 37.9 Å². The molecule has 2 heterocycles. The van der Waals surface area contributed by atoms with Crippen molar-refractivity contribution in [2.75, 3.05) is 0 Å². The van der Waals surface area contributed by atoms with Crippen LogP contribution in [0.5, 0.6) is 5.88 Å². The first-order valence-corrected chi connectivity index (χ1v) is 6.16. The summed E-state index contributed by atoms with van der Waals surface area (Å²) in [5, 5.41) is 19.9. The molecule has 3 rings (SSSR count). The molecule has 2 aliphatic heterocycles. The van der Waals surface area contributed by atoms with Crippen LogP contribution >= 0.6 is 0 Å². The van der Waals surface area contributed by atoms with Crippen molar-refractivity contribution in [1.29, 1.82) is 0 Å². The predicted octanol–water partition coefficient (Wildman–Crippen LogP) is -0.331. The average molecular weight is 487 g/mol. The molecule has 0 saturated carbocycles. The monoisotopic (exact) mass is 488 g/mol. The van der Waals surface area contributed by atoms with Gasteiger partial charge in [-0.2, -0.15) is 0 Å². The van der Waals surface area contributed by atoms with Crippen molar-refractivity contribution in [3.63, 3.8) is 0 Å². The molecule has 0 atom stereocenters. The van der Waals surface area contributed by atoms with Crippen molar-refractivity contribution in [2.45, 2.75) is 6.61 Å². The topological polar surface area (TPSA) is 96.0 Å². The molecule has 0 aliphatic carbocycles. The molecule has 7 nitrogen and oxygen atoms in total. The molecule has 0 bridgehead atoms. The number of benzene rings is 1.